The topological polar surface area (TPSA) is 32.3 Å². The zero-order valence-electron chi connectivity index (χ0n) is 10.9. The largest absolute Gasteiger partial charge is 0.338 e. The minimum Gasteiger partial charge on any atom is -0.338 e. The van der Waals surface area contributed by atoms with Gasteiger partial charge in [0, 0.05) is 13.1 Å². The first-order valence-electron chi connectivity index (χ1n) is 6.61. The molecule has 20 heavy (non-hydrogen) atoms. The number of benzene rings is 1. The number of halogens is 3. The molecule has 1 aromatic rings. The van der Waals surface area contributed by atoms with E-state index in [1.165, 1.54) is 12.1 Å². The van der Waals surface area contributed by atoms with Gasteiger partial charge >= 0.3 is 0 Å². The van der Waals surface area contributed by atoms with Gasteiger partial charge in [0.15, 0.2) is 0 Å². The average molecular weight is 319 g/mol. The highest BCUT2D eigenvalue weighted by Gasteiger charge is 2.35. The summed E-state index contributed by atoms with van der Waals surface area (Å²) in [6, 6.07) is 4.39. The Balaban J connectivity index is 0.00000147. The number of nitrogens with one attached hydrogen (secondary N) is 1. The Morgan fingerprint density at radius 3 is 2.90 bits per heavy atom. The number of fused-ring (bicyclic) bond motifs is 1. The molecule has 6 heteroatoms. The van der Waals surface area contributed by atoms with Gasteiger partial charge in [0.25, 0.3) is 5.91 Å². The fourth-order valence-corrected chi connectivity index (χ4v) is 3.27. The molecule has 0 spiro atoms. The quantitative estimate of drug-likeness (QED) is 0.863. The first kappa shape index (κ1) is 15.5. The molecule has 0 radical (unpaired) electrons. The van der Waals surface area contributed by atoms with Crippen molar-refractivity contribution in [3.8, 4) is 0 Å². The molecule has 2 fully saturated rings. The van der Waals surface area contributed by atoms with Crippen molar-refractivity contribution in [2.45, 2.75) is 6.42 Å². The Labute approximate surface area is 128 Å². The lowest BCUT2D eigenvalue weighted by Crippen LogP contribution is -2.43. The smallest absolute Gasteiger partial charge is 0.255 e. The van der Waals surface area contributed by atoms with Crippen LogP contribution in [0.1, 0.15) is 16.8 Å². The van der Waals surface area contributed by atoms with E-state index in [9.17, 15) is 9.18 Å². The molecule has 3 nitrogen and oxygen atoms in total. The molecule has 2 heterocycles. The monoisotopic (exact) mass is 318 g/mol. The molecule has 2 aliphatic rings. The second kappa shape index (κ2) is 6.29. The van der Waals surface area contributed by atoms with Crippen LogP contribution in [0.15, 0.2) is 18.2 Å². The van der Waals surface area contributed by atoms with Crippen LogP contribution in [0.3, 0.4) is 0 Å². The van der Waals surface area contributed by atoms with Gasteiger partial charge in [0.2, 0.25) is 0 Å². The van der Waals surface area contributed by atoms with Gasteiger partial charge in [-0.3, -0.25) is 4.79 Å². The van der Waals surface area contributed by atoms with Crippen molar-refractivity contribution in [2.24, 2.45) is 11.8 Å². The average Bonchev–Trinajstić information content (AvgIpc) is 2.88. The summed E-state index contributed by atoms with van der Waals surface area (Å²) in [6.07, 6.45) is 1.01. The number of nitrogens with zero attached hydrogens (tertiary/aromatic N) is 1. The summed E-state index contributed by atoms with van der Waals surface area (Å²) in [7, 11) is 0. The minimum absolute atomic E-state index is 0. The van der Waals surface area contributed by atoms with Gasteiger partial charge in [-0.1, -0.05) is 17.7 Å². The summed E-state index contributed by atoms with van der Waals surface area (Å²) in [5.41, 5.74) is 0.270. The van der Waals surface area contributed by atoms with Crippen LogP contribution in [-0.2, 0) is 0 Å². The molecular weight excluding hydrogens is 302 g/mol. The lowest BCUT2D eigenvalue weighted by molar-refractivity contribution is 0.0642. The Morgan fingerprint density at radius 2 is 2.10 bits per heavy atom. The van der Waals surface area contributed by atoms with Gasteiger partial charge in [0.1, 0.15) is 5.82 Å². The van der Waals surface area contributed by atoms with Crippen LogP contribution < -0.4 is 5.32 Å². The van der Waals surface area contributed by atoms with Gasteiger partial charge < -0.3 is 10.2 Å². The molecule has 2 unspecified atom stereocenters. The number of hydrogen-bond donors (Lipinski definition) is 1. The maximum Gasteiger partial charge on any atom is 0.255 e. The molecule has 2 aliphatic heterocycles. The van der Waals surface area contributed by atoms with Gasteiger partial charge in [-0.25, -0.2) is 4.39 Å². The summed E-state index contributed by atoms with van der Waals surface area (Å²) in [6.45, 7) is 3.48. The van der Waals surface area contributed by atoms with Crippen molar-refractivity contribution in [1.29, 1.82) is 0 Å². The van der Waals surface area contributed by atoms with Crippen LogP contribution in [0.25, 0.3) is 0 Å². The Morgan fingerprint density at radius 1 is 1.35 bits per heavy atom. The number of amides is 1. The maximum absolute atomic E-state index is 13.4. The number of hydrogen-bond acceptors (Lipinski definition) is 2. The van der Waals surface area contributed by atoms with Crippen molar-refractivity contribution in [3.63, 3.8) is 0 Å². The molecule has 2 atom stereocenters. The third kappa shape index (κ3) is 2.78. The van der Waals surface area contributed by atoms with Gasteiger partial charge in [-0.15, -0.1) is 12.4 Å². The normalized spacial score (nSPS) is 25.0. The van der Waals surface area contributed by atoms with Crippen LogP contribution in [0.4, 0.5) is 4.39 Å². The SMILES string of the molecule is Cl.O=C(c1cccc(F)c1Cl)N1CCC2CNCC2C1. The molecule has 2 saturated heterocycles. The van der Waals surface area contributed by atoms with Gasteiger partial charge in [-0.2, -0.15) is 0 Å². The third-order valence-electron chi connectivity index (χ3n) is 4.17. The number of likely N-dealkylation sites (tertiary alicyclic amines) is 1. The van der Waals surface area contributed by atoms with Crippen molar-refractivity contribution in [3.05, 3.63) is 34.6 Å². The van der Waals surface area contributed by atoms with Gasteiger partial charge in [0.05, 0.1) is 10.6 Å². The molecule has 3 rings (SSSR count). The zero-order valence-corrected chi connectivity index (χ0v) is 12.5. The molecule has 1 N–H and O–H groups in total. The van der Waals surface area contributed by atoms with E-state index in [0.29, 0.717) is 11.8 Å². The highest BCUT2D eigenvalue weighted by atomic mass is 35.5. The molecule has 0 bridgehead atoms. The van der Waals surface area contributed by atoms with Crippen molar-refractivity contribution < 1.29 is 9.18 Å². The first-order chi connectivity index (χ1) is 9.16. The predicted octanol–water partition coefficient (Wildman–Crippen LogP) is 2.58. The highest BCUT2D eigenvalue weighted by Crippen LogP contribution is 2.29. The first-order valence-corrected chi connectivity index (χ1v) is 6.98. The van der Waals surface area contributed by atoms with E-state index in [0.717, 1.165) is 32.6 Å². The van der Waals surface area contributed by atoms with Crippen LogP contribution >= 0.6 is 24.0 Å². The van der Waals surface area contributed by atoms with Crippen LogP contribution in [0.5, 0.6) is 0 Å². The lowest BCUT2D eigenvalue weighted by Gasteiger charge is -2.34. The summed E-state index contributed by atoms with van der Waals surface area (Å²) in [4.78, 5) is 14.2. The van der Waals surface area contributed by atoms with Crippen molar-refractivity contribution in [1.82, 2.24) is 10.2 Å². The molecular formula is C14H17Cl2FN2O. The number of piperidine rings is 1. The van der Waals surface area contributed by atoms with E-state index in [1.807, 2.05) is 0 Å². The summed E-state index contributed by atoms with van der Waals surface area (Å²) in [5, 5.41) is 3.29. The maximum atomic E-state index is 13.4. The van der Waals surface area contributed by atoms with Crippen LogP contribution in [-0.4, -0.2) is 37.0 Å². The Kier molecular flexibility index (Phi) is 4.89. The van der Waals surface area contributed by atoms with Crippen molar-refractivity contribution in [2.75, 3.05) is 26.2 Å². The van der Waals surface area contributed by atoms with Crippen LogP contribution in [0.2, 0.25) is 5.02 Å². The summed E-state index contributed by atoms with van der Waals surface area (Å²) < 4.78 is 13.4. The predicted molar refractivity (Wildman–Crippen MR) is 79.0 cm³/mol. The fourth-order valence-electron chi connectivity index (χ4n) is 3.06. The molecule has 0 aliphatic carbocycles. The second-order valence-corrected chi connectivity index (χ2v) is 5.70. The third-order valence-corrected chi connectivity index (χ3v) is 4.56. The Hall–Kier alpha value is -0.840. The van der Waals surface area contributed by atoms with E-state index in [-0.39, 0.29) is 28.9 Å². The molecule has 1 amide bonds. The van der Waals surface area contributed by atoms with E-state index in [2.05, 4.69) is 5.32 Å². The minimum atomic E-state index is -0.537. The zero-order chi connectivity index (χ0) is 13.4. The lowest BCUT2D eigenvalue weighted by atomic mass is 9.88. The molecule has 0 aromatic heterocycles. The van der Waals surface area contributed by atoms with Gasteiger partial charge in [-0.05, 0) is 43.5 Å². The van der Waals surface area contributed by atoms with Crippen molar-refractivity contribution >= 4 is 29.9 Å². The second-order valence-electron chi connectivity index (χ2n) is 5.32. The highest BCUT2D eigenvalue weighted by molar-refractivity contribution is 6.34. The standard InChI is InChI=1S/C14H16ClFN2O.ClH/c15-13-11(2-1-3-12(13)16)14(19)18-5-4-9-6-17-7-10(9)8-18;/h1-3,9-10,17H,4-8H2;1H. The number of rotatable bonds is 1. The van der Waals surface area contributed by atoms with Crippen LogP contribution in [0, 0.1) is 17.7 Å². The van der Waals surface area contributed by atoms with E-state index in [4.69, 9.17) is 11.6 Å². The number of carbonyl (C=O) groups is 1. The van der Waals surface area contributed by atoms with E-state index in [1.54, 1.807) is 11.0 Å². The number of carbonyl (C=O) groups excluding carboxylic acids is 1. The summed E-state index contributed by atoms with van der Waals surface area (Å²) in [5.74, 6) is 0.497. The molecule has 0 saturated carbocycles. The fraction of sp³-hybridized carbons (Fsp3) is 0.500. The summed E-state index contributed by atoms with van der Waals surface area (Å²) >= 11 is 5.88. The van der Waals surface area contributed by atoms with E-state index < -0.39 is 5.82 Å². The van der Waals surface area contributed by atoms with E-state index >= 15 is 0 Å². The molecule has 110 valence electrons. The molecule has 1 aromatic carbocycles. The Bertz CT molecular complexity index is 512.